The molecule has 0 bridgehead atoms. The number of anilines is 2. The Morgan fingerprint density at radius 3 is 2.12 bits per heavy atom. The van der Waals surface area contributed by atoms with Crippen LogP contribution >= 0.6 is 23.2 Å². The highest BCUT2D eigenvalue weighted by molar-refractivity contribution is 6.43. The number of nitrogens with one attached hydrogen (secondary N) is 3. The second-order valence-electron chi connectivity index (χ2n) is 4.82. The second-order valence-corrected chi connectivity index (χ2v) is 5.64. The van der Waals surface area contributed by atoms with Crippen LogP contribution in [0.2, 0.25) is 10.0 Å². The van der Waals surface area contributed by atoms with Gasteiger partial charge in [-0.15, -0.1) is 0 Å². The van der Waals surface area contributed by atoms with Crippen LogP contribution in [-0.2, 0) is 14.4 Å². The van der Waals surface area contributed by atoms with Gasteiger partial charge in [0.25, 0.3) is 0 Å². The van der Waals surface area contributed by atoms with E-state index in [1.807, 2.05) is 0 Å². The molecule has 2 aromatic rings. The summed E-state index contributed by atoms with van der Waals surface area (Å²) in [5.41, 5.74) is 0.645. The molecule has 0 unspecified atom stereocenters. The average molecular weight is 384 g/mol. The van der Waals surface area contributed by atoms with E-state index in [2.05, 4.69) is 16.0 Å². The van der Waals surface area contributed by atoms with Gasteiger partial charge in [0.1, 0.15) is 5.82 Å². The minimum Gasteiger partial charge on any atom is -0.339 e. The number of hydrogen-bond acceptors (Lipinski definition) is 3. The van der Waals surface area contributed by atoms with Gasteiger partial charge < -0.3 is 16.0 Å². The lowest BCUT2D eigenvalue weighted by atomic mass is 10.3. The van der Waals surface area contributed by atoms with Gasteiger partial charge in [-0.05, 0) is 42.5 Å². The summed E-state index contributed by atoms with van der Waals surface area (Å²) in [7, 11) is 0. The minimum absolute atomic E-state index is 0.221. The monoisotopic (exact) mass is 383 g/mol. The van der Waals surface area contributed by atoms with Crippen molar-refractivity contribution in [3.63, 3.8) is 0 Å². The fourth-order valence-corrected chi connectivity index (χ4v) is 2.04. The highest BCUT2D eigenvalue weighted by atomic mass is 35.5. The molecule has 0 fully saturated rings. The Kier molecular flexibility index (Phi) is 6.32. The lowest BCUT2D eigenvalue weighted by Gasteiger charge is -2.08. The van der Waals surface area contributed by atoms with E-state index in [-0.39, 0.29) is 10.7 Å². The predicted octanol–water partition coefficient (Wildman–Crippen LogP) is 2.83. The molecule has 0 spiro atoms. The third-order valence-corrected chi connectivity index (χ3v) is 3.66. The molecule has 0 saturated heterocycles. The molecule has 0 aliphatic heterocycles. The molecule has 0 aliphatic carbocycles. The van der Waals surface area contributed by atoms with Crippen LogP contribution in [-0.4, -0.2) is 24.3 Å². The van der Waals surface area contributed by atoms with Crippen LogP contribution in [0.5, 0.6) is 0 Å². The topological polar surface area (TPSA) is 87.3 Å². The Morgan fingerprint density at radius 2 is 1.48 bits per heavy atom. The van der Waals surface area contributed by atoms with Crippen LogP contribution in [0.25, 0.3) is 0 Å². The Hall–Kier alpha value is -2.64. The molecule has 130 valence electrons. The normalized spacial score (nSPS) is 10.0. The smallest absolute Gasteiger partial charge is 0.313 e. The molecule has 0 radical (unpaired) electrons. The van der Waals surface area contributed by atoms with E-state index in [4.69, 9.17) is 23.2 Å². The van der Waals surface area contributed by atoms with Crippen molar-refractivity contribution < 1.29 is 18.8 Å². The average Bonchev–Trinajstić information content (AvgIpc) is 2.58. The molecule has 2 aromatic carbocycles. The van der Waals surface area contributed by atoms with Crippen molar-refractivity contribution in [3.05, 3.63) is 58.3 Å². The summed E-state index contributed by atoms with van der Waals surface area (Å²) >= 11 is 11.6. The second kappa shape index (κ2) is 8.46. The molecule has 0 atom stereocenters. The fourth-order valence-electron chi connectivity index (χ4n) is 1.74. The van der Waals surface area contributed by atoms with Gasteiger partial charge in [0.05, 0.1) is 16.6 Å². The largest absolute Gasteiger partial charge is 0.339 e. The molecule has 9 heteroatoms. The van der Waals surface area contributed by atoms with Crippen molar-refractivity contribution in [2.45, 2.75) is 0 Å². The van der Waals surface area contributed by atoms with Gasteiger partial charge in [0, 0.05) is 11.4 Å². The maximum Gasteiger partial charge on any atom is 0.313 e. The lowest BCUT2D eigenvalue weighted by Crippen LogP contribution is -2.39. The van der Waals surface area contributed by atoms with Crippen molar-refractivity contribution >= 4 is 52.3 Å². The lowest BCUT2D eigenvalue weighted by molar-refractivity contribution is -0.136. The van der Waals surface area contributed by atoms with Crippen LogP contribution in [0.1, 0.15) is 0 Å². The van der Waals surface area contributed by atoms with Crippen LogP contribution in [0.4, 0.5) is 15.8 Å². The van der Waals surface area contributed by atoms with Gasteiger partial charge in [0.2, 0.25) is 5.91 Å². The first-order valence-corrected chi connectivity index (χ1v) is 7.70. The van der Waals surface area contributed by atoms with Gasteiger partial charge in [-0.3, -0.25) is 14.4 Å². The van der Waals surface area contributed by atoms with E-state index < -0.39 is 30.1 Å². The zero-order valence-electron chi connectivity index (χ0n) is 12.6. The van der Waals surface area contributed by atoms with E-state index in [1.54, 1.807) is 0 Å². The van der Waals surface area contributed by atoms with Gasteiger partial charge in [-0.2, -0.15) is 0 Å². The first-order valence-electron chi connectivity index (χ1n) is 6.95. The minimum atomic E-state index is -1.000. The van der Waals surface area contributed by atoms with Gasteiger partial charge in [-0.25, -0.2) is 4.39 Å². The van der Waals surface area contributed by atoms with Crippen LogP contribution in [0.3, 0.4) is 0 Å². The maximum absolute atomic E-state index is 12.8. The van der Waals surface area contributed by atoms with Crippen molar-refractivity contribution in [3.8, 4) is 0 Å². The third kappa shape index (κ3) is 5.74. The van der Waals surface area contributed by atoms with Crippen LogP contribution < -0.4 is 16.0 Å². The van der Waals surface area contributed by atoms with Crippen molar-refractivity contribution in [2.24, 2.45) is 0 Å². The summed E-state index contributed by atoms with van der Waals surface area (Å²) in [6.07, 6.45) is 0. The van der Waals surface area contributed by atoms with Gasteiger partial charge in [-0.1, -0.05) is 23.2 Å². The summed E-state index contributed by atoms with van der Waals surface area (Å²) in [6, 6.07) is 9.42. The number of carbonyl (C=O) groups excluding carboxylic acids is 3. The Bertz CT molecular complexity index is 813. The highest BCUT2D eigenvalue weighted by Crippen LogP contribution is 2.24. The number of carbonyl (C=O) groups is 3. The molecular formula is C16H12Cl2FN3O3. The van der Waals surface area contributed by atoms with Crippen molar-refractivity contribution in [1.29, 1.82) is 0 Å². The number of rotatable bonds is 4. The summed E-state index contributed by atoms with van der Waals surface area (Å²) in [5, 5.41) is 7.46. The molecule has 2 rings (SSSR count). The molecular weight excluding hydrogens is 372 g/mol. The standard InChI is InChI=1S/C16H12Cl2FN3O3/c17-12-6-5-11(7-13(12)18)22-16(25)15(24)20-8-14(23)21-10-3-1-9(19)2-4-10/h1-7H,8H2,(H,20,24)(H,21,23)(H,22,25). The van der Waals surface area contributed by atoms with Crippen LogP contribution in [0.15, 0.2) is 42.5 Å². The summed E-state index contributed by atoms with van der Waals surface area (Å²) in [4.78, 5) is 35.1. The molecule has 6 nitrogen and oxygen atoms in total. The Morgan fingerprint density at radius 1 is 0.840 bits per heavy atom. The zero-order valence-corrected chi connectivity index (χ0v) is 14.1. The molecule has 3 N–H and O–H groups in total. The van der Waals surface area contributed by atoms with Crippen molar-refractivity contribution in [1.82, 2.24) is 5.32 Å². The zero-order chi connectivity index (χ0) is 18.4. The van der Waals surface area contributed by atoms with Gasteiger partial charge in [0.15, 0.2) is 0 Å². The van der Waals surface area contributed by atoms with Crippen LogP contribution in [0, 0.1) is 5.82 Å². The first kappa shape index (κ1) is 18.7. The third-order valence-electron chi connectivity index (χ3n) is 2.92. The Labute approximate surface area is 152 Å². The quantitative estimate of drug-likeness (QED) is 0.709. The molecule has 25 heavy (non-hydrogen) atoms. The highest BCUT2D eigenvalue weighted by Gasteiger charge is 2.15. The van der Waals surface area contributed by atoms with E-state index in [1.165, 1.54) is 42.5 Å². The number of amides is 3. The number of halogens is 3. The molecule has 0 aliphatic rings. The first-order chi connectivity index (χ1) is 11.8. The molecule has 0 heterocycles. The predicted molar refractivity (Wildman–Crippen MR) is 93.1 cm³/mol. The maximum atomic E-state index is 12.8. The molecule has 0 saturated carbocycles. The number of hydrogen-bond donors (Lipinski definition) is 3. The molecule has 3 amide bonds. The summed E-state index contributed by atoms with van der Waals surface area (Å²) in [5.74, 6) is -2.97. The summed E-state index contributed by atoms with van der Waals surface area (Å²) < 4.78 is 12.8. The van der Waals surface area contributed by atoms with E-state index in [0.29, 0.717) is 10.7 Å². The SMILES string of the molecule is O=C(CNC(=O)C(=O)Nc1ccc(Cl)c(Cl)c1)Nc1ccc(F)cc1. The summed E-state index contributed by atoms with van der Waals surface area (Å²) in [6.45, 7) is -0.426. The fraction of sp³-hybridized carbons (Fsp3) is 0.0625. The van der Waals surface area contributed by atoms with E-state index >= 15 is 0 Å². The van der Waals surface area contributed by atoms with E-state index in [9.17, 15) is 18.8 Å². The Balaban J connectivity index is 1.82. The molecule has 0 aromatic heterocycles. The van der Waals surface area contributed by atoms with Gasteiger partial charge >= 0.3 is 11.8 Å². The van der Waals surface area contributed by atoms with Crippen molar-refractivity contribution in [2.75, 3.05) is 17.2 Å². The van der Waals surface area contributed by atoms with E-state index in [0.717, 1.165) is 0 Å². The number of benzene rings is 2.